The molecule has 0 radical (unpaired) electrons. The molecule has 5 nitrogen and oxygen atoms in total. The Balaban J connectivity index is 1.92. The van der Waals surface area contributed by atoms with Gasteiger partial charge in [-0.3, -0.25) is 0 Å². The molecule has 1 aliphatic heterocycles. The van der Waals surface area contributed by atoms with Crippen molar-refractivity contribution in [1.82, 2.24) is 19.9 Å². The lowest BCUT2D eigenvalue weighted by Gasteiger charge is -2.39. The summed E-state index contributed by atoms with van der Waals surface area (Å²) in [7, 11) is 0. The van der Waals surface area contributed by atoms with E-state index in [1.54, 1.807) is 10.7 Å². The zero-order valence-electron chi connectivity index (χ0n) is 10.2. The van der Waals surface area contributed by atoms with Crippen LogP contribution < -0.4 is 10.2 Å². The zero-order chi connectivity index (χ0) is 11.9. The van der Waals surface area contributed by atoms with Crippen molar-refractivity contribution < 1.29 is 0 Å². The summed E-state index contributed by atoms with van der Waals surface area (Å²) in [5.74, 6) is 1.03. The first-order valence-electron chi connectivity index (χ1n) is 5.94. The van der Waals surface area contributed by atoms with E-state index >= 15 is 0 Å². The standard InChI is InChI=1S/C12H17N5/c1-12(2)9-16(8-6-13-12)10-4-7-17-11(15-10)3-5-14-17/h3-5,7,13H,6,8-9H2,1-2H3. The second kappa shape index (κ2) is 3.70. The summed E-state index contributed by atoms with van der Waals surface area (Å²) < 4.78 is 1.79. The molecule has 2 aromatic heterocycles. The van der Waals surface area contributed by atoms with Gasteiger partial charge < -0.3 is 10.2 Å². The topological polar surface area (TPSA) is 45.5 Å². The van der Waals surface area contributed by atoms with Crippen LogP contribution in [-0.2, 0) is 0 Å². The molecule has 0 spiro atoms. The first kappa shape index (κ1) is 10.5. The minimum atomic E-state index is 0.145. The number of anilines is 1. The Labute approximate surface area is 100 Å². The molecule has 0 atom stereocenters. The maximum atomic E-state index is 4.62. The zero-order valence-corrected chi connectivity index (χ0v) is 10.2. The van der Waals surface area contributed by atoms with Gasteiger partial charge >= 0.3 is 0 Å². The Morgan fingerprint density at radius 3 is 3.06 bits per heavy atom. The number of piperazine rings is 1. The van der Waals surface area contributed by atoms with Crippen LogP contribution in [0.15, 0.2) is 24.5 Å². The van der Waals surface area contributed by atoms with Crippen molar-refractivity contribution in [2.45, 2.75) is 19.4 Å². The highest BCUT2D eigenvalue weighted by Gasteiger charge is 2.26. The highest BCUT2D eigenvalue weighted by Crippen LogP contribution is 2.18. The number of nitrogens with zero attached hydrogens (tertiary/aromatic N) is 4. The van der Waals surface area contributed by atoms with Crippen molar-refractivity contribution in [2.75, 3.05) is 24.5 Å². The van der Waals surface area contributed by atoms with Crippen molar-refractivity contribution in [3.63, 3.8) is 0 Å². The van der Waals surface area contributed by atoms with Gasteiger partial charge in [-0.1, -0.05) is 0 Å². The van der Waals surface area contributed by atoms with Crippen molar-refractivity contribution in [3.05, 3.63) is 24.5 Å². The summed E-state index contributed by atoms with van der Waals surface area (Å²) >= 11 is 0. The molecule has 1 fully saturated rings. The fourth-order valence-corrected chi connectivity index (χ4v) is 2.32. The molecule has 17 heavy (non-hydrogen) atoms. The normalized spacial score (nSPS) is 19.8. The molecule has 0 unspecified atom stereocenters. The number of hydrogen-bond acceptors (Lipinski definition) is 4. The average Bonchev–Trinajstić information content (AvgIpc) is 2.74. The molecule has 0 saturated carbocycles. The van der Waals surface area contributed by atoms with Gasteiger partial charge in [0.2, 0.25) is 0 Å². The van der Waals surface area contributed by atoms with Gasteiger partial charge in [0.05, 0.1) is 6.20 Å². The average molecular weight is 231 g/mol. The van der Waals surface area contributed by atoms with Crippen LogP contribution in [0.25, 0.3) is 5.65 Å². The van der Waals surface area contributed by atoms with E-state index in [9.17, 15) is 0 Å². The van der Waals surface area contributed by atoms with Crippen LogP contribution in [0.5, 0.6) is 0 Å². The summed E-state index contributed by atoms with van der Waals surface area (Å²) in [6, 6.07) is 3.96. The smallest absolute Gasteiger partial charge is 0.157 e. The predicted octanol–water partition coefficient (Wildman–Crippen LogP) is 0.917. The van der Waals surface area contributed by atoms with Crippen molar-refractivity contribution in [1.29, 1.82) is 0 Å². The minimum absolute atomic E-state index is 0.145. The van der Waals surface area contributed by atoms with Gasteiger partial charge in [0.15, 0.2) is 5.65 Å². The molecule has 3 rings (SSSR count). The van der Waals surface area contributed by atoms with Gasteiger partial charge in [-0.25, -0.2) is 9.50 Å². The van der Waals surface area contributed by atoms with Gasteiger partial charge in [0.1, 0.15) is 5.82 Å². The van der Waals surface area contributed by atoms with E-state index in [-0.39, 0.29) is 5.54 Å². The molecular weight excluding hydrogens is 214 g/mol. The maximum absolute atomic E-state index is 4.62. The molecule has 0 aromatic carbocycles. The van der Waals surface area contributed by atoms with E-state index < -0.39 is 0 Å². The summed E-state index contributed by atoms with van der Waals surface area (Å²) in [6.45, 7) is 7.41. The van der Waals surface area contributed by atoms with E-state index in [0.29, 0.717) is 0 Å². The molecular formula is C12H17N5. The van der Waals surface area contributed by atoms with Crippen LogP contribution in [0.1, 0.15) is 13.8 Å². The first-order valence-corrected chi connectivity index (χ1v) is 5.94. The third-order valence-corrected chi connectivity index (χ3v) is 3.14. The Hall–Kier alpha value is -1.62. The van der Waals surface area contributed by atoms with Crippen LogP contribution in [0.3, 0.4) is 0 Å². The van der Waals surface area contributed by atoms with Gasteiger partial charge in [-0.05, 0) is 19.9 Å². The largest absolute Gasteiger partial charge is 0.353 e. The number of nitrogens with one attached hydrogen (secondary N) is 1. The molecule has 0 aliphatic carbocycles. The fourth-order valence-electron chi connectivity index (χ4n) is 2.32. The van der Waals surface area contributed by atoms with E-state index in [1.165, 1.54) is 0 Å². The Kier molecular flexibility index (Phi) is 2.29. The molecule has 2 aromatic rings. The van der Waals surface area contributed by atoms with Gasteiger partial charge in [-0.15, -0.1) is 0 Å². The second-order valence-electron chi connectivity index (χ2n) is 5.15. The van der Waals surface area contributed by atoms with E-state index in [1.807, 2.05) is 18.3 Å². The fraction of sp³-hybridized carbons (Fsp3) is 0.500. The van der Waals surface area contributed by atoms with Crippen LogP contribution in [0, 0.1) is 0 Å². The van der Waals surface area contributed by atoms with Gasteiger partial charge in [0, 0.05) is 37.4 Å². The number of aromatic nitrogens is 3. The third-order valence-electron chi connectivity index (χ3n) is 3.14. The molecule has 5 heteroatoms. The first-order chi connectivity index (χ1) is 8.14. The SMILES string of the molecule is CC1(C)CN(c2ccn3nccc3n2)CCN1. The quantitative estimate of drug-likeness (QED) is 0.792. The molecule has 1 N–H and O–H groups in total. The van der Waals surface area contributed by atoms with E-state index in [2.05, 4.69) is 34.1 Å². The highest BCUT2D eigenvalue weighted by molar-refractivity contribution is 5.48. The van der Waals surface area contributed by atoms with Crippen LogP contribution >= 0.6 is 0 Å². The Morgan fingerprint density at radius 2 is 2.24 bits per heavy atom. The lowest BCUT2D eigenvalue weighted by Crippen LogP contribution is -2.57. The minimum Gasteiger partial charge on any atom is -0.353 e. The summed E-state index contributed by atoms with van der Waals surface area (Å²) in [4.78, 5) is 6.95. The summed E-state index contributed by atoms with van der Waals surface area (Å²) in [5.41, 5.74) is 1.05. The lowest BCUT2D eigenvalue weighted by atomic mass is 10.0. The van der Waals surface area contributed by atoms with Crippen molar-refractivity contribution >= 4 is 11.5 Å². The van der Waals surface area contributed by atoms with Gasteiger partial charge in [-0.2, -0.15) is 5.10 Å². The molecule has 1 aliphatic rings. The van der Waals surface area contributed by atoms with Gasteiger partial charge in [0.25, 0.3) is 0 Å². The molecule has 3 heterocycles. The number of rotatable bonds is 1. The van der Waals surface area contributed by atoms with Crippen molar-refractivity contribution in [2.24, 2.45) is 0 Å². The number of hydrogen-bond donors (Lipinski definition) is 1. The predicted molar refractivity (Wildman–Crippen MR) is 67.3 cm³/mol. The lowest BCUT2D eigenvalue weighted by molar-refractivity contribution is 0.352. The molecule has 0 bridgehead atoms. The van der Waals surface area contributed by atoms with Crippen LogP contribution in [0.2, 0.25) is 0 Å². The summed E-state index contributed by atoms with van der Waals surface area (Å²) in [5, 5.41) is 7.66. The monoisotopic (exact) mass is 231 g/mol. The Bertz CT molecular complexity index is 530. The van der Waals surface area contributed by atoms with E-state index in [4.69, 9.17) is 0 Å². The highest BCUT2D eigenvalue weighted by atomic mass is 15.3. The van der Waals surface area contributed by atoms with Crippen LogP contribution in [0.4, 0.5) is 5.82 Å². The number of fused-ring (bicyclic) bond motifs is 1. The second-order valence-corrected chi connectivity index (χ2v) is 5.15. The third kappa shape index (κ3) is 1.98. The molecule has 90 valence electrons. The molecule has 1 saturated heterocycles. The van der Waals surface area contributed by atoms with Crippen LogP contribution in [-0.4, -0.2) is 39.8 Å². The maximum Gasteiger partial charge on any atom is 0.157 e. The molecule has 0 amide bonds. The summed E-state index contributed by atoms with van der Waals surface area (Å²) in [6.07, 6.45) is 3.74. The van der Waals surface area contributed by atoms with E-state index in [0.717, 1.165) is 31.1 Å². The van der Waals surface area contributed by atoms with Crippen molar-refractivity contribution in [3.8, 4) is 0 Å². The Morgan fingerprint density at radius 1 is 1.35 bits per heavy atom.